The van der Waals surface area contributed by atoms with Crippen LogP contribution in [0.25, 0.3) is 0 Å². The van der Waals surface area contributed by atoms with Crippen molar-refractivity contribution in [3.05, 3.63) is 12.2 Å². The summed E-state index contributed by atoms with van der Waals surface area (Å²) in [6.45, 7) is 8.23. The fourth-order valence-electron chi connectivity index (χ4n) is 5.88. The molecule has 2 N–H and O–H groups in total. The van der Waals surface area contributed by atoms with Crippen LogP contribution < -0.4 is 5.11 Å². The highest BCUT2D eigenvalue weighted by Gasteiger charge is 2.36. The number of nitrogens with zero attached hydrogens (tertiary/aromatic N) is 1. The summed E-state index contributed by atoms with van der Waals surface area (Å²) < 4.78 is 0.187. The van der Waals surface area contributed by atoms with E-state index in [0.29, 0.717) is 6.54 Å². The highest BCUT2D eigenvalue weighted by molar-refractivity contribution is 5.70. The Balaban J connectivity index is 4.22. The van der Waals surface area contributed by atoms with E-state index < -0.39 is 35.7 Å². The van der Waals surface area contributed by atoms with Gasteiger partial charge in [0.1, 0.15) is 11.8 Å². The molecule has 0 rings (SSSR count). The van der Waals surface area contributed by atoms with Gasteiger partial charge in [0.25, 0.3) is 0 Å². The van der Waals surface area contributed by atoms with E-state index in [1.165, 1.54) is 96.3 Å². The van der Waals surface area contributed by atoms with Gasteiger partial charge >= 0.3 is 11.9 Å². The summed E-state index contributed by atoms with van der Waals surface area (Å²) in [5.74, 6) is -5.23. The molecule has 0 saturated heterocycles. The first-order chi connectivity index (χ1) is 19.5. The van der Waals surface area contributed by atoms with Crippen LogP contribution in [-0.4, -0.2) is 58.8 Å². The van der Waals surface area contributed by atoms with Crippen molar-refractivity contribution in [2.24, 2.45) is 17.8 Å². The van der Waals surface area contributed by atoms with Gasteiger partial charge in [0.2, 0.25) is 0 Å². The van der Waals surface area contributed by atoms with Crippen molar-refractivity contribution in [2.45, 2.75) is 143 Å². The standard InChI is InChI=1S/C34H63NO6/c1-5-6-7-8-9-10-11-12-13-14-15-16-17-18-19-20-21-22-23-24-25-35(26-29(2)32(36)37,27-30(3)33(38)39)28-31(4)34(40)41/h7-8,29-31H,5-6,9-28H2,1-4H3,(H2-,36,37,38,39,40,41)/b8-7+. The Morgan fingerprint density at radius 2 is 0.927 bits per heavy atom. The van der Waals surface area contributed by atoms with Crippen molar-refractivity contribution in [3.8, 4) is 0 Å². The van der Waals surface area contributed by atoms with Gasteiger partial charge < -0.3 is 24.6 Å². The Morgan fingerprint density at radius 3 is 1.29 bits per heavy atom. The lowest BCUT2D eigenvalue weighted by Crippen LogP contribution is -2.58. The molecule has 3 unspecified atom stereocenters. The van der Waals surface area contributed by atoms with Crippen LogP contribution in [0.2, 0.25) is 0 Å². The van der Waals surface area contributed by atoms with Crippen LogP contribution in [0.5, 0.6) is 0 Å². The van der Waals surface area contributed by atoms with E-state index in [4.69, 9.17) is 0 Å². The van der Waals surface area contributed by atoms with Crippen molar-refractivity contribution in [1.82, 2.24) is 0 Å². The van der Waals surface area contributed by atoms with Gasteiger partial charge in [-0.2, -0.15) is 0 Å². The van der Waals surface area contributed by atoms with Crippen LogP contribution in [0.4, 0.5) is 0 Å². The molecule has 0 aliphatic rings. The zero-order valence-corrected chi connectivity index (χ0v) is 26.9. The van der Waals surface area contributed by atoms with Gasteiger partial charge in [-0.25, -0.2) is 0 Å². The number of quaternary nitrogens is 1. The molecule has 0 radical (unpaired) electrons. The summed E-state index contributed by atoms with van der Waals surface area (Å²) in [5.41, 5.74) is 0. The van der Waals surface area contributed by atoms with Crippen molar-refractivity contribution >= 4 is 17.9 Å². The lowest BCUT2D eigenvalue weighted by molar-refractivity contribution is -0.934. The van der Waals surface area contributed by atoms with E-state index >= 15 is 0 Å². The number of unbranched alkanes of at least 4 members (excludes halogenated alkanes) is 16. The third-order valence-electron chi connectivity index (χ3n) is 8.35. The number of hydrogen-bond acceptors (Lipinski definition) is 4. The number of aliphatic carboxylic acids is 3. The molecular weight excluding hydrogens is 518 g/mol. The maximum Gasteiger partial charge on any atom is 0.311 e. The minimum Gasteiger partial charge on any atom is -0.550 e. The average molecular weight is 582 g/mol. The molecule has 0 aromatic carbocycles. The van der Waals surface area contributed by atoms with Crippen LogP contribution in [0.3, 0.4) is 0 Å². The molecule has 0 spiro atoms. The number of carbonyl (C=O) groups excluding carboxylic acids is 1. The smallest absolute Gasteiger partial charge is 0.311 e. The topological polar surface area (TPSA) is 115 Å². The first kappa shape index (κ1) is 39.1. The summed E-state index contributed by atoms with van der Waals surface area (Å²) in [4.78, 5) is 34.8. The monoisotopic (exact) mass is 581 g/mol. The van der Waals surface area contributed by atoms with Crippen molar-refractivity contribution in [3.63, 3.8) is 0 Å². The third kappa shape index (κ3) is 21.5. The van der Waals surface area contributed by atoms with Gasteiger partial charge in [-0.3, -0.25) is 9.59 Å². The zero-order valence-electron chi connectivity index (χ0n) is 26.9. The maximum atomic E-state index is 11.6. The number of carbonyl (C=O) groups is 3. The molecule has 41 heavy (non-hydrogen) atoms. The molecule has 0 bridgehead atoms. The summed E-state index contributed by atoms with van der Waals surface area (Å²) in [6, 6.07) is 0. The Kier molecular flexibility index (Phi) is 23.5. The number of rotatable bonds is 29. The molecule has 7 nitrogen and oxygen atoms in total. The van der Waals surface area contributed by atoms with Crippen molar-refractivity contribution in [1.29, 1.82) is 0 Å². The van der Waals surface area contributed by atoms with E-state index in [0.717, 1.165) is 19.3 Å². The van der Waals surface area contributed by atoms with E-state index in [1.807, 2.05) is 0 Å². The Morgan fingerprint density at radius 1 is 0.585 bits per heavy atom. The largest absolute Gasteiger partial charge is 0.550 e. The lowest BCUT2D eigenvalue weighted by atomic mass is 10.00. The second-order valence-corrected chi connectivity index (χ2v) is 12.7. The van der Waals surface area contributed by atoms with E-state index in [2.05, 4.69) is 19.1 Å². The highest BCUT2D eigenvalue weighted by atomic mass is 16.4. The van der Waals surface area contributed by atoms with E-state index in [-0.39, 0.29) is 24.1 Å². The second kappa shape index (κ2) is 24.7. The Hall–Kier alpha value is -1.89. The number of carboxylic acid groups (broad SMARTS) is 3. The second-order valence-electron chi connectivity index (χ2n) is 12.7. The SMILES string of the molecule is CCC/C=C/CCCCCCCCCCCCCCCCC[N+](CC(C)C(=O)[O-])(CC(C)C(=O)O)CC(C)C(=O)O. The van der Waals surface area contributed by atoms with Crippen LogP contribution in [0.15, 0.2) is 12.2 Å². The quantitative estimate of drug-likeness (QED) is 0.0547. The van der Waals surface area contributed by atoms with E-state index in [1.54, 1.807) is 20.8 Å². The minimum absolute atomic E-state index is 0.187. The molecule has 3 atom stereocenters. The Bertz CT molecular complexity index is 667. The van der Waals surface area contributed by atoms with Gasteiger partial charge in [-0.15, -0.1) is 0 Å². The summed E-state index contributed by atoms with van der Waals surface area (Å²) in [5, 5.41) is 30.5. The molecule has 0 heterocycles. The zero-order chi connectivity index (χ0) is 30.9. The van der Waals surface area contributed by atoms with Crippen LogP contribution >= 0.6 is 0 Å². The highest BCUT2D eigenvalue weighted by Crippen LogP contribution is 2.22. The molecule has 0 aliphatic heterocycles. The maximum absolute atomic E-state index is 11.6. The predicted molar refractivity (Wildman–Crippen MR) is 165 cm³/mol. The van der Waals surface area contributed by atoms with Gasteiger partial charge in [-0.05, 0) is 46.0 Å². The molecule has 240 valence electrons. The molecule has 0 aromatic rings. The third-order valence-corrected chi connectivity index (χ3v) is 8.35. The number of hydrogen-bond donors (Lipinski definition) is 2. The van der Waals surface area contributed by atoms with Crippen LogP contribution in [0, 0.1) is 17.8 Å². The molecule has 0 aromatic heterocycles. The van der Waals surface area contributed by atoms with Crippen molar-refractivity contribution in [2.75, 3.05) is 26.2 Å². The van der Waals surface area contributed by atoms with Gasteiger partial charge in [0.05, 0.1) is 26.2 Å². The molecule has 0 fully saturated rings. The number of allylic oxidation sites excluding steroid dienone is 2. The fourth-order valence-corrected chi connectivity index (χ4v) is 5.88. The van der Waals surface area contributed by atoms with E-state index in [9.17, 15) is 29.7 Å². The molecule has 0 saturated carbocycles. The van der Waals surface area contributed by atoms with Gasteiger partial charge in [0, 0.05) is 11.9 Å². The molecule has 0 amide bonds. The summed E-state index contributed by atoms with van der Waals surface area (Å²) >= 11 is 0. The minimum atomic E-state index is -1.18. The molecule has 7 heteroatoms. The van der Waals surface area contributed by atoms with Crippen LogP contribution in [-0.2, 0) is 14.4 Å². The molecule has 0 aliphatic carbocycles. The normalized spacial score (nSPS) is 15.4. The summed E-state index contributed by atoms with van der Waals surface area (Å²) in [7, 11) is 0. The number of carboxylic acids is 3. The average Bonchev–Trinajstić information content (AvgIpc) is 2.91. The fraction of sp³-hybridized carbons (Fsp3) is 0.853. The predicted octanol–water partition coefficient (Wildman–Crippen LogP) is 7.23. The van der Waals surface area contributed by atoms with Gasteiger partial charge in [0.15, 0.2) is 0 Å². The first-order valence-corrected chi connectivity index (χ1v) is 16.7. The van der Waals surface area contributed by atoms with Crippen molar-refractivity contribution < 1.29 is 34.2 Å². The summed E-state index contributed by atoms with van der Waals surface area (Å²) in [6.07, 6.45) is 27.0. The lowest BCUT2D eigenvalue weighted by Gasteiger charge is -2.43. The van der Waals surface area contributed by atoms with Gasteiger partial charge in [-0.1, -0.05) is 109 Å². The Labute approximate surface area is 251 Å². The molecular formula is C34H63NO6. The van der Waals surface area contributed by atoms with Crippen LogP contribution in [0.1, 0.15) is 143 Å². The first-order valence-electron chi connectivity index (χ1n) is 16.7.